The van der Waals surface area contributed by atoms with E-state index in [4.69, 9.17) is 9.15 Å². The van der Waals surface area contributed by atoms with E-state index < -0.39 is 0 Å². The summed E-state index contributed by atoms with van der Waals surface area (Å²) >= 11 is 0. The van der Waals surface area contributed by atoms with E-state index >= 15 is 0 Å². The van der Waals surface area contributed by atoms with Crippen molar-refractivity contribution in [3.8, 4) is 5.75 Å². The number of oxazole rings is 1. The molecule has 0 radical (unpaired) electrons. The van der Waals surface area contributed by atoms with Crippen LogP contribution in [0.25, 0.3) is 0 Å². The largest absolute Gasteiger partial charge is 0.495 e. The number of methoxy groups -OCH3 is 1. The zero-order valence-electron chi connectivity index (χ0n) is 20.6. The number of anilines is 1. The monoisotopic (exact) mass is 483 g/mol. The van der Waals surface area contributed by atoms with Gasteiger partial charge in [-0.3, -0.25) is 14.6 Å². The van der Waals surface area contributed by atoms with Crippen molar-refractivity contribution in [2.45, 2.75) is 25.5 Å². The number of aliphatic hydroxyl groups is 1. The zero-order valence-corrected chi connectivity index (χ0v) is 20.6. The summed E-state index contributed by atoms with van der Waals surface area (Å²) in [5, 5.41) is 10.1. The molecule has 2 aliphatic heterocycles. The molecule has 2 saturated heterocycles. The first-order valence-corrected chi connectivity index (χ1v) is 12.4. The van der Waals surface area contributed by atoms with Gasteiger partial charge in [-0.2, -0.15) is 0 Å². The van der Waals surface area contributed by atoms with E-state index in [9.17, 15) is 9.90 Å². The summed E-state index contributed by atoms with van der Waals surface area (Å²) in [5.74, 6) is 1.33. The molecule has 4 rings (SSSR count). The second kappa shape index (κ2) is 12.2. The number of aromatic nitrogens is 1. The SMILES string of the molecule is C=CCCC(O)CN1CCN(Cc2nc(C(=O)N3CCN(c4ccccc4OC)CC3)co2)CC1. The fourth-order valence-electron chi connectivity index (χ4n) is 4.71. The van der Waals surface area contributed by atoms with Crippen LogP contribution in [0.5, 0.6) is 5.75 Å². The van der Waals surface area contributed by atoms with E-state index in [0.717, 1.165) is 63.5 Å². The Morgan fingerprint density at radius 2 is 1.86 bits per heavy atom. The van der Waals surface area contributed by atoms with Gasteiger partial charge < -0.3 is 24.1 Å². The lowest BCUT2D eigenvalue weighted by Crippen LogP contribution is -2.49. The summed E-state index contributed by atoms with van der Waals surface area (Å²) < 4.78 is 11.1. The topological polar surface area (TPSA) is 85.5 Å². The molecular weight excluding hydrogens is 446 g/mol. The maximum atomic E-state index is 13.0. The van der Waals surface area contributed by atoms with Crippen LogP contribution in [0.4, 0.5) is 5.69 Å². The lowest BCUT2D eigenvalue weighted by atomic mass is 10.1. The Hall–Kier alpha value is -2.88. The third-order valence-corrected chi connectivity index (χ3v) is 6.76. The number of amides is 1. The minimum Gasteiger partial charge on any atom is -0.495 e. The van der Waals surface area contributed by atoms with E-state index in [0.29, 0.717) is 37.8 Å². The summed E-state index contributed by atoms with van der Waals surface area (Å²) in [4.78, 5) is 26.1. The van der Waals surface area contributed by atoms with E-state index in [1.807, 2.05) is 35.2 Å². The zero-order chi connectivity index (χ0) is 24.6. The highest BCUT2D eigenvalue weighted by atomic mass is 16.5. The van der Waals surface area contributed by atoms with Crippen molar-refractivity contribution in [3.05, 3.63) is 54.8 Å². The van der Waals surface area contributed by atoms with E-state index in [1.165, 1.54) is 6.26 Å². The average Bonchev–Trinajstić information content (AvgIpc) is 3.36. The van der Waals surface area contributed by atoms with Crippen LogP contribution in [0.15, 0.2) is 47.6 Å². The number of para-hydroxylation sites is 2. The Bertz CT molecular complexity index is 964. The Kier molecular flexibility index (Phi) is 8.79. The van der Waals surface area contributed by atoms with E-state index in [2.05, 4.69) is 26.3 Å². The van der Waals surface area contributed by atoms with Crippen LogP contribution in [0.2, 0.25) is 0 Å². The van der Waals surface area contributed by atoms with Crippen molar-refractivity contribution in [3.63, 3.8) is 0 Å². The molecule has 0 bridgehead atoms. The lowest BCUT2D eigenvalue weighted by molar-refractivity contribution is 0.0642. The number of hydrogen-bond acceptors (Lipinski definition) is 8. The minimum absolute atomic E-state index is 0.0852. The predicted molar refractivity (Wildman–Crippen MR) is 135 cm³/mol. The Morgan fingerprint density at radius 1 is 1.14 bits per heavy atom. The number of benzene rings is 1. The third-order valence-electron chi connectivity index (χ3n) is 6.76. The normalized spacial score (nSPS) is 18.5. The molecule has 2 fully saturated rings. The number of allylic oxidation sites excluding steroid dienone is 1. The maximum Gasteiger partial charge on any atom is 0.275 e. The summed E-state index contributed by atoms with van der Waals surface area (Å²) in [5.41, 5.74) is 1.42. The second-order valence-electron chi connectivity index (χ2n) is 9.17. The van der Waals surface area contributed by atoms with E-state index in [1.54, 1.807) is 7.11 Å². The first kappa shape index (κ1) is 25.2. The van der Waals surface area contributed by atoms with Gasteiger partial charge >= 0.3 is 0 Å². The molecule has 1 amide bonds. The Morgan fingerprint density at radius 3 is 2.57 bits per heavy atom. The lowest BCUT2D eigenvalue weighted by Gasteiger charge is -2.36. The van der Waals surface area contributed by atoms with Crippen molar-refractivity contribution < 1.29 is 19.1 Å². The van der Waals surface area contributed by atoms with Crippen molar-refractivity contribution in [2.75, 3.05) is 70.9 Å². The number of carbonyl (C=O) groups is 1. The molecule has 9 heteroatoms. The van der Waals surface area contributed by atoms with Crippen LogP contribution in [0, 0.1) is 0 Å². The fraction of sp³-hybridized carbons (Fsp3) is 0.538. The van der Waals surface area contributed by atoms with Crippen LogP contribution in [-0.4, -0.2) is 103 Å². The smallest absolute Gasteiger partial charge is 0.275 e. The molecule has 9 nitrogen and oxygen atoms in total. The van der Waals surface area contributed by atoms with Crippen molar-refractivity contribution in [1.29, 1.82) is 0 Å². The van der Waals surface area contributed by atoms with E-state index in [-0.39, 0.29) is 12.0 Å². The van der Waals surface area contributed by atoms with Gasteiger partial charge in [0, 0.05) is 58.9 Å². The van der Waals surface area contributed by atoms with Gasteiger partial charge in [-0.25, -0.2) is 4.98 Å². The third kappa shape index (κ3) is 6.62. The molecule has 2 aliphatic rings. The number of ether oxygens (including phenoxy) is 1. The highest BCUT2D eigenvalue weighted by Crippen LogP contribution is 2.28. The number of hydrogen-bond donors (Lipinski definition) is 1. The van der Waals surface area contributed by atoms with Crippen LogP contribution in [0.1, 0.15) is 29.2 Å². The predicted octanol–water partition coefficient (Wildman–Crippen LogP) is 2.09. The summed E-state index contributed by atoms with van der Waals surface area (Å²) in [7, 11) is 1.68. The molecule has 0 aliphatic carbocycles. The molecule has 1 aromatic heterocycles. The number of rotatable bonds is 10. The molecule has 3 heterocycles. The number of aliphatic hydroxyl groups excluding tert-OH is 1. The molecule has 1 aromatic carbocycles. The molecule has 35 heavy (non-hydrogen) atoms. The molecule has 1 unspecified atom stereocenters. The standard InChI is InChI=1S/C26H37N5O4/c1-3-4-7-21(32)18-28-10-12-29(13-11-28)19-25-27-22(20-35-25)26(33)31-16-14-30(15-17-31)23-8-5-6-9-24(23)34-2/h3,5-6,8-9,20-21,32H,1,4,7,10-19H2,2H3. The highest BCUT2D eigenvalue weighted by Gasteiger charge is 2.26. The summed E-state index contributed by atoms with van der Waals surface area (Å²) in [6.07, 6.45) is 4.61. The molecule has 0 saturated carbocycles. The van der Waals surface area contributed by atoms with Crippen LogP contribution >= 0.6 is 0 Å². The van der Waals surface area contributed by atoms with Crippen LogP contribution in [-0.2, 0) is 6.54 Å². The number of β-amino-alcohol motifs (C(OH)–C–C–N with tert-alkyl or cyclic N) is 1. The van der Waals surface area contributed by atoms with Crippen LogP contribution < -0.4 is 9.64 Å². The van der Waals surface area contributed by atoms with Gasteiger partial charge in [-0.05, 0) is 25.0 Å². The summed E-state index contributed by atoms with van der Waals surface area (Å²) in [6, 6.07) is 7.96. The van der Waals surface area contributed by atoms with Crippen molar-refractivity contribution in [1.82, 2.24) is 19.7 Å². The van der Waals surface area contributed by atoms with Gasteiger partial charge in [0.2, 0.25) is 5.89 Å². The maximum absolute atomic E-state index is 13.0. The molecule has 2 aromatic rings. The molecule has 190 valence electrons. The van der Waals surface area contributed by atoms with Gasteiger partial charge in [-0.1, -0.05) is 18.2 Å². The quantitative estimate of drug-likeness (QED) is 0.515. The molecule has 1 atom stereocenters. The highest BCUT2D eigenvalue weighted by molar-refractivity contribution is 5.92. The first-order valence-electron chi connectivity index (χ1n) is 12.4. The second-order valence-corrected chi connectivity index (χ2v) is 9.17. The molecular formula is C26H37N5O4. The number of nitrogens with zero attached hydrogens (tertiary/aromatic N) is 5. The van der Waals surface area contributed by atoms with Crippen LogP contribution in [0.3, 0.4) is 0 Å². The van der Waals surface area contributed by atoms with Gasteiger partial charge in [0.05, 0.1) is 25.4 Å². The van der Waals surface area contributed by atoms with Gasteiger partial charge in [0.25, 0.3) is 5.91 Å². The molecule has 1 N–H and O–H groups in total. The number of piperazine rings is 2. The van der Waals surface area contributed by atoms with Crippen molar-refractivity contribution in [2.24, 2.45) is 0 Å². The van der Waals surface area contributed by atoms with Gasteiger partial charge in [-0.15, -0.1) is 6.58 Å². The Balaban J connectivity index is 1.23. The van der Waals surface area contributed by atoms with Crippen molar-refractivity contribution >= 4 is 11.6 Å². The summed E-state index contributed by atoms with van der Waals surface area (Å²) in [6.45, 7) is 11.3. The average molecular weight is 484 g/mol. The first-order chi connectivity index (χ1) is 17.1. The van der Waals surface area contributed by atoms with Gasteiger partial charge in [0.1, 0.15) is 12.0 Å². The Labute approximate surface area is 207 Å². The minimum atomic E-state index is -0.309. The fourth-order valence-corrected chi connectivity index (χ4v) is 4.71. The molecule has 0 spiro atoms. The number of carbonyl (C=O) groups excluding carboxylic acids is 1. The van der Waals surface area contributed by atoms with Gasteiger partial charge in [0.15, 0.2) is 5.69 Å².